The van der Waals surface area contributed by atoms with E-state index in [9.17, 15) is 14.4 Å². The van der Waals surface area contributed by atoms with Gasteiger partial charge >= 0.3 is 17.9 Å². The molecule has 0 fully saturated rings. The molecular formula is C53H84O6. The van der Waals surface area contributed by atoms with Crippen LogP contribution in [0.4, 0.5) is 0 Å². The fraction of sp³-hybridized carbons (Fsp3) is 0.604. The maximum Gasteiger partial charge on any atom is 0.306 e. The summed E-state index contributed by atoms with van der Waals surface area (Å²) < 4.78 is 16.7. The van der Waals surface area contributed by atoms with Crippen molar-refractivity contribution in [2.75, 3.05) is 13.2 Å². The molecule has 0 saturated heterocycles. The molecule has 0 aromatic carbocycles. The molecule has 0 aromatic rings. The molecular weight excluding hydrogens is 733 g/mol. The van der Waals surface area contributed by atoms with Gasteiger partial charge in [0.15, 0.2) is 6.10 Å². The summed E-state index contributed by atoms with van der Waals surface area (Å²) in [5, 5.41) is 0. The molecule has 0 N–H and O–H groups in total. The van der Waals surface area contributed by atoms with E-state index >= 15 is 0 Å². The molecule has 1 unspecified atom stereocenters. The van der Waals surface area contributed by atoms with E-state index in [0.29, 0.717) is 12.8 Å². The van der Waals surface area contributed by atoms with Crippen LogP contribution in [-0.4, -0.2) is 37.2 Å². The van der Waals surface area contributed by atoms with Gasteiger partial charge in [-0.3, -0.25) is 14.4 Å². The van der Waals surface area contributed by atoms with Crippen LogP contribution in [0.5, 0.6) is 0 Å². The zero-order valence-corrected chi connectivity index (χ0v) is 37.7. The van der Waals surface area contributed by atoms with E-state index in [1.165, 1.54) is 32.1 Å². The SMILES string of the molecule is CC\C=C/C=C\C=C/C=C\C=C/CCCCCC(=O)OCC(COC(=O)CCCCCCC/C=C\CCCCC)OC(=O)CCCCCC/C=C\C/C=C\C/C=C\CC. The van der Waals surface area contributed by atoms with E-state index in [-0.39, 0.29) is 37.5 Å². The number of unbranched alkanes of at least 4 members (excludes halogenated alkanes) is 15. The Kier molecular flexibility index (Phi) is 43.6. The van der Waals surface area contributed by atoms with Crippen molar-refractivity contribution in [2.45, 2.75) is 194 Å². The highest BCUT2D eigenvalue weighted by atomic mass is 16.6. The average molecular weight is 817 g/mol. The summed E-state index contributed by atoms with van der Waals surface area (Å²) in [5.41, 5.74) is 0. The van der Waals surface area contributed by atoms with Gasteiger partial charge in [0.2, 0.25) is 0 Å². The Labute approximate surface area is 361 Å². The Bertz CT molecular complexity index is 1260. The number of esters is 3. The molecule has 0 rings (SSSR count). The second-order valence-corrected chi connectivity index (χ2v) is 15.0. The van der Waals surface area contributed by atoms with Gasteiger partial charge in [0, 0.05) is 19.3 Å². The van der Waals surface area contributed by atoms with Gasteiger partial charge in [0.1, 0.15) is 13.2 Å². The van der Waals surface area contributed by atoms with Gasteiger partial charge in [-0.05, 0) is 96.3 Å². The summed E-state index contributed by atoms with van der Waals surface area (Å²) in [6.07, 6.45) is 62.1. The molecule has 6 nitrogen and oxygen atoms in total. The number of hydrogen-bond acceptors (Lipinski definition) is 6. The Morgan fingerprint density at radius 1 is 0.373 bits per heavy atom. The normalized spacial score (nSPS) is 13.1. The van der Waals surface area contributed by atoms with Crippen LogP contribution in [-0.2, 0) is 28.6 Å². The summed E-state index contributed by atoms with van der Waals surface area (Å²) in [6, 6.07) is 0. The second kappa shape index (κ2) is 46.8. The van der Waals surface area contributed by atoms with Crippen LogP contribution in [0.15, 0.2) is 109 Å². The molecule has 1 atom stereocenters. The Hall–Kier alpha value is -3.93. The van der Waals surface area contributed by atoms with Crippen LogP contribution in [0.3, 0.4) is 0 Å². The first-order valence-corrected chi connectivity index (χ1v) is 23.5. The fourth-order valence-corrected chi connectivity index (χ4v) is 5.88. The van der Waals surface area contributed by atoms with Crippen molar-refractivity contribution in [3.63, 3.8) is 0 Å². The highest BCUT2D eigenvalue weighted by Crippen LogP contribution is 2.12. The molecule has 0 bridgehead atoms. The van der Waals surface area contributed by atoms with Crippen molar-refractivity contribution < 1.29 is 28.6 Å². The quantitative estimate of drug-likeness (QED) is 0.0201. The molecule has 0 heterocycles. The monoisotopic (exact) mass is 817 g/mol. The predicted octanol–water partition coefficient (Wildman–Crippen LogP) is 15.2. The molecule has 0 aliphatic carbocycles. The van der Waals surface area contributed by atoms with Crippen molar-refractivity contribution in [2.24, 2.45) is 0 Å². The molecule has 59 heavy (non-hydrogen) atoms. The fourth-order valence-electron chi connectivity index (χ4n) is 5.88. The lowest BCUT2D eigenvalue weighted by Crippen LogP contribution is -2.30. The van der Waals surface area contributed by atoms with Crippen LogP contribution in [0.25, 0.3) is 0 Å². The molecule has 0 amide bonds. The molecule has 6 heteroatoms. The molecule has 332 valence electrons. The minimum absolute atomic E-state index is 0.108. The minimum Gasteiger partial charge on any atom is -0.462 e. The van der Waals surface area contributed by atoms with E-state index in [2.05, 4.69) is 81.5 Å². The van der Waals surface area contributed by atoms with Crippen LogP contribution >= 0.6 is 0 Å². The number of carbonyl (C=O) groups excluding carboxylic acids is 3. The summed E-state index contributed by atoms with van der Waals surface area (Å²) in [7, 11) is 0. The van der Waals surface area contributed by atoms with Gasteiger partial charge in [0.25, 0.3) is 0 Å². The standard InChI is InChI=1S/C53H84O6/c1-4-7-10-13-16-19-22-25-27-29-31-34-37-40-43-46-52(55)58-49-50(48-57-51(54)45-42-39-36-33-30-24-21-18-15-12-9-6-3)59-53(56)47-44-41-38-35-32-28-26-23-20-17-14-11-8-5-2/h7-8,10-11,13,16-22,25-29,31,50H,4-6,9,12,14-15,23-24,30,32-49H2,1-3H3/b10-7-,11-8-,16-13-,20-17-,21-18-,22-19-,27-25-,28-26-,31-29-. The van der Waals surface area contributed by atoms with Crippen molar-refractivity contribution in [3.05, 3.63) is 109 Å². The number of allylic oxidation sites excluding steroid dienone is 18. The smallest absolute Gasteiger partial charge is 0.306 e. The maximum atomic E-state index is 12.7. The number of hydrogen-bond donors (Lipinski definition) is 0. The van der Waals surface area contributed by atoms with Gasteiger partial charge < -0.3 is 14.2 Å². The van der Waals surface area contributed by atoms with Crippen molar-refractivity contribution in [3.8, 4) is 0 Å². The maximum absolute atomic E-state index is 12.7. The van der Waals surface area contributed by atoms with E-state index in [1.54, 1.807) is 0 Å². The molecule has 0 spiro atoms. The molecule has 0 aromatic heterocycles. The van der Waals surface area contributed by atoms with Gasteiger partial charge in [-0.15, -0.1) is 0 Å². The van der Waals surface area contributed by atoms with Gasteiger partial charge in [-0.1, -0.05) is 182 Å². The molecule has 0 aliphatic heterocycles. The number of ether oxygens (including phenoxy) is 3. The lowest BCUT2D eigenvalue weighted by atomic mass is 10.1. The Balaban J connectivity index is 4.54. The Morgan fingerprint density at radius 2 is 0.746 bits per heavy atom. The number of carbonyl (C=O) groups is 3. The zero-order chi connectivity index (χ0) is 43.0. The van der Waals surface area contributed by atoms with E-state index < -0.39 is 6.10 Å². The number of rotatable bonds is 40. The Morgan fingerprint density at radius 3 is 1.27 bits per heavy atom. The predicted molar refractivity (Wildman–Crippen MR) is 251 cm³/mol. The van der Waals surface area contributed by atoms with Crippen molar-refractivity contribution >= 4 is 17.9 Å². The highest BCUT2D eigenvalue weighted by molar-refractivity contribution is 5.71. The first-order valence-electron chi connectivity index (χ1n) is 23.5. The van der Waals surface area contributed by atoms with E-state index in [4.69, 9.17) is 14.2 Å². The van der Waals surface area contributed by atoms with Crippen LogP contribution in [0, 0.1) is 0 Å². The third kappa shape index (κ3) is 45.0. The van der Waals surface area contributed by atoms with E-state index in [1.807, 2.05) is 48.6 Å². The summed E-state index contributed by atoms with van der Waals surface area (Å²) in [6.45, 7) is 6.26. The van der Waals surface area contributed by atoms with Crippen LogP contribution in [0.2, 0.25) is 0 Å². The van der Waals surface area contributed by atoms with Gasteiger partial charge in [-0.2, -0.15) is 0 Å². The molecule has 0 saturated carbocycles. The summed E-state index contributed by atoms with van der Waals surface area (Å²) in [5.74, 6) is -0.993. The van der Waals surface area contributed by atoms with Gasteiger partial charge in [0.05, 0.1) is 0 Å². The third-order valence-corrected chi connectivity index (χ3v) is 9.37. The van der Waals surface area contributed by atoms with Crippen LogP contribution < -0.4 is 0 Å². The molecule has 0 radical (unpaired) electrons. The lowest BCUT2D eigenvalue weighted by molar-refractivity contribution is -0.167. The zero-order valence-electron chi connectivity index (χ0n) is 37.7. The first kappa shape index (κ1) is 55.1. The summed E-state index contributed by atoms with van der Waals surface area (Å²) >= 11 is 0. The van der Waals surface area contributed by atoms with Crippen molar-refractivity contribution in [1.82, 2.24) is 0 Å². The third-order valence-electron chi connectivity index (χ3n) is 9.37. The van der Waals surface area contributed by atoms with Crippen molar-refractivity contribution in [1.29, 1.82) is 0 Å². The lowest BCUT2D eigenvalue weighted by Gasteiger charge is -2.18. The topological polar surface area (TPSA) is 78.9 Å². The van der Waals surface area contributed by atoms with Gasteiger partial charge in [-0.25, -0.2) is 0 Å². The minimum atomic E-state index is -0.811. The summed E-state index contributed by atoms with van der Waals surface area (Å²) in [4.78, 5) is 37.8. The largest absolute Gasteiger partial charge is 0.462 e. The first-order chi connectivity index (χ1) is 29.0. The second-order valence-electron chi connectivity index (χ2n) is 15.0. The van der Waals surface area contributed by atoms with E-state index in [0.717, 1.165) is 116 Å². The van der Waals surface area contributed by atoms with Crippen LogP contribution in [0.1, 0.15) is 188 Å². The average Bonchev–Trinajstić information content (AvgIpc) is 3.23. The molecule has 0 aliphatic rings. The highest BCUT2D eigenvalue weighted by Gasteiger charge is 2.19.